The summed E-state index contributed by atoms with van der Waals surface area (Å²) >= 11 is 0. The zero-order valence-corrected chi connectivity index (χ0v) is 18.0. The quantitative estimate of drug-likeness (QED) is 0.492. The van der Waals surface area contributed by atoms with Crippen LogP contribution >= 0.6 is 0 Å². The Morgan fingerprint density at radius 1 is 0.875 bits per heavy atom. The van der Waals surface area contributed by atoms with Gasteiger partial charge in [0.25, 0.3) is 0 Å². The molecule has 0 radical (unpaired) electrons. The van der Waals surface area contributed by atoms with E-state index in [2.05, 4.69) is 0 Å². The van der Waals surface area contributed by atoms with E-state index in [0.717, 1.165) is 17.5 Å². The normalized spacial score (nSPS) is 12.6. The lowest BCUT2D eigenvalue weighted by Gasteiger charge is -2.28. The summed E-state index contributed by atoms with van der Waals surface area (Å²) in [6.07, 6.45) is 0.449. The highest BCUT2D eigenvalue weighted by Gasteiger charge is 2.22. The van der Waals surface area contributed by atoms with Crippen molar-refractivity contribution in [2.75, 3.05) is 13.2 Å². The SMILES string of the molecule is CCOC(=O)c1ccc(Oc2ccc3c(c2)CN(C(=O)OCc2ccccc2)CC3)cc1. The van der Waals surface area contributed by atoms with E-state index in [0.29, 0.717) is 36.8 Å². The summed E-state index contributed by atoms with van der Waals surface area (Å²) < 4.78 is 16.4. The smallest absolute Gasteiger partial charge is 0.410 e. The van der Waals surface area contributed by atoms with Crippen molar-refractivity contribution in [2.45, 2.75) is 26.5 Å². The zero-order valence-electron chi connectivity index (χ0n) is 18.0. The molecule has 1 aliphatic rings. The molecule has 3 aromatic carbocycles. The molecule has 0 atom stereocenters. The van der Waals surface area contributed by atoms with Gasteiger partial charge in [-0.2, -0.15) is 0 Å². The van der Waals surface area contributed by atoms with Gasteiger partial charge in [-0.25, -0.2) is 9.59 Å². The molecule has 0 aliphatic carbocycles. The van der Waals surface area contributed by atoms with Crippen LogP contribution in [0.4, 0.5) is 4.79 Å². The molecule has 0 fully saturated rings. The number of rotatable bonds is 6. The van der Waals surface area contributed by atoms with Crippen LogP contribution in [0.5, 0.6) is 11.5 Å². The van der Waals surface area contributed by atoms with E-state index in [4.69, 9.17) is 14.2 Å². The third kappa shape index (κ3) is 5.27. The molecule has 0 unspecified atom stereocenters. The van der Waals surface area contributed by atoms with E-state index in [9.17, 15) is 9.59 Å². The summed E-state index contributed by atoms with van der Waals surface area (Å²) in [4.78, 5) is 26.0. The molecule has 1 aliphatic heterocycles. The van der Waals surface area contributed by atoms with E-state index >= 15 is 0 Å². The molecule has 0 saturated heterocycles. The fourth-order valence-electron chi connectivity index (χ4n) is 3.57. The van der Waals surface area contributed by atoms with Crippen LogP contribution in [0.1, 0.15) is 34.0 Å². The van der Waals surface area contributed by atoms with Crippen molar-refractivity contribution in [1.82, 2.24) is 4.90 Å². The third-order valence-corrected chi connectivity index (χ3v) is 5.25. The van der Waals surface area contributed by atoms with Gasteiger partial charge in [-0.1, -0.05) is 36.4 Å². The number of esters is 1. The highest BCUT2D eigenvalue weighted by molar-refractivity contribution is 5.89. The van der Waals surface area contributed by atoms with Crippen molar-refractivity contribution in [2.24, 2.45) is 0 Å². The summed E-state index contributed by atoms with van der Waals surface area (Å²) in [6.45, 7) is 3.46. The first-order valence-corrected chi connectivity index (χ1v) is 10.6. The van der Waals surface area contributed by atoms with Gasteiger partial charge in [0.2, 0.25) is 0 Å². The van der Waals surface area contributed by atoms with Crippen LogP contribution in [0.15, 0.2) is 72.8 Å². The molecule has 32 heavy (non-hydrogen) atoms. The summed E-state index contributed by atoms with van der Waals surface area (Å²) in [5.74, 6) is 0.937. The highest BCUT2D eigenvalue weighted by atomic mass is 16.6. The van der Waals surface area contributed by atoms with Crippen LogP contribution in [0.2, 0.25) is 0 Å². The molecule has 0 spiro atoms. The van der Waals surface area contributed by atoms with Gasteiger partial charge in [0, 0.05) is 13.1 Å². The van der Waals surface area contributed by atoms with E-state index in [1.807, 2.05) is 48.5 Å². The Kier molecular flexibility index (Phi) is 6.70. The number of hydrogen-bond acceptors (Lipinski definition) is 5. The number of benzene rings is 3. The van der Waals surface area contributed by atoms with Crippen LogP contribution in [0, 0.1) is 0 Å². The van der Waals surface area contributed by atoms with Crippen LogP contribution in [0.25, 0.3) is 0 Å². The molecule has 0 bridgehead atoms. The van der Waals surface area contributed by atoms with Gasteiger partial charge < -0.3 is 19.1 Å². The molecule has 6 heteroatoms. The average molecular weight is 431 g/mol. The molecule has 1 amide bonds. The van der Waals surface area contributed by atoms with Gasteiger partial charge >= 0.3 is 12.1 Å². The molecular formula is C26H25NO5. The summed E-state index contributed by atoms with van der Waals surface area (Å²) in [7, 11) is 0. The first-order valence-electron chi connectivity index (χ1n) is 10.6. The van der Waals surface area contributed by atoms with Crippen molar-refractivity contribution in [3.63, 3.8) is 0 Å². The van der Waals surface area contributed by atoms with Crippen molar-refractivity contribution in [3.8, 4) is 11.5 Å². The van der Waals surface area contributed by atoms with Gasteiger partial charge in [0.15, 0.2) is 0 Å². The molecule has 164 valence electrons. The fraction of sp³-hybridized carbons (Fsp3) is 0.231. The molecule has 0 aromatic heterocycles. The Morgan fingerprint density at radius 2 is 1.62 bits per heavy atom. The fourth-order valence-corrected chi connectivity index (χ4v) is 3.57. The van der Waals surface area contributed by atoms with Crippen molar-refractivity contribution in [3.05, 3.63) is 95.1 Å². The molecule has 4 rings (SSSR count). The highest BCUT2D eigenvalue weighted by Crippen LogP contribution is 2.28. The first-order chi connectivity index (χ1) is 15.6. The lowest BCUT2D eigenvalue weighted by molar-refractivity contribution is 0.0526. The van der Waals surface area contributed by atoms with Gasteiger partial charge in [-0.15, -0.1) is 0 Å². The predicted octanol–water partition coefficient (Wildman–Crippen LogP) is 5.35. The molecule has 6 nitrogen and oxygen atoms in total. The van der Waals surface area contributed by atoms with Crippen LogP contribution in [-0.4, -0.2) is 30.1 Å². The number of nitrogens with zero attached hydrogens (tertiary/aromatic N) is 1. The monoisotopic (exact) mass is 431 g/mol. The molecule has 1 heterocycles. The number of carbonyl (C=O) groups is 2. The molecule has 3 aromatic rings. The van der Waals surface area contributed by atoms with Gasteiger partial charge in [-0.05, 0) is 66.4 Å². The molecule has 0 saturated carbocycles. The van der Waals surface area contributed by atoms with E-state index in [-0.39, 0.29) is 18.7 Å². The number of amides is 1. The zero-order chi connectivity index (χ0) is 22.3. The first kappa shape index (κ1) is 21.4. The lowest BCUT2D eigenvalue weighted by Crippen LogP contribution is -2.36. The minimum Gasteiger partial charge on any atom is -0.462 e. The predicted molar refractivity (Wildman–Crippen MR) is 120 cm³/mol. The second-order valence-corrected chi connectivity index (χ2v) is 7.49. The largest absolute Gasteiger partial charge is 0.462 e. The van der Waals surface area contributed by atoms with E-state index < -0.39 is 0 Å². The standard InChI is InChI=1S/C26H25NO5/c1-2-30-25(28)21-9-11-23(12-10-21)32-24-13-8-20-14-15-27(17-22(20)16-24)26(29)31-18-19-6-4-3-5-7-19/h3-13,16H,2,14-15,17-18H2,1H3. The summed E-state index contributed by atoms with van der Waals surface area (Å²) in [5.41, 5.74) is 3.67. The molecule has 0 N–H and O–H groups in total. The number of fused-ring (bicyclic) bond motifs is 1. The minimum absolute atomic E-state index is 0.258. The minimum atomic E-state index is -0.355. The second-order valence-electron chi connectivity index (χ2n) is 7.49. The van der Waals surface area contributed by atoms with Crippen molar-refractivity contribution >= 4 is 12.1 Å². The summed E-state index contributed by atoms with van der Waals surface area (Å²) in [6, 6.07) is 22.4. The van der Waals surface area contributed by atoms with Gasteiger partial charge in [0.1, 0.15) is 18.1 Å². The van der Waals surface area contributed by atoms with Crippen LogP contribution in [0.3, 0.4) is 0 Å². The molecular weight excluding hydrogens is 406 g/mol. The van der Waals surface area contributed by atoms with Crippen LogP contribution < -0.4 is 4.74 Å². The number of carbonyl (C=O) groups excluding carboxylic acids is 2. The maximum Gasteiger partial charge on any atom is 0.410 e. The summed E-state index contributed by atoms with van der Waals surface area (Å²) in [5, 5.41) is 0. The average Bonchev–Trinajstić information content (AvgIpc) is 2.83. The second kappa shape index (κ2) is 10.0. The van der Waals surface area contributed by atoms with E-state index in [1.54, 1.807) is 36.1 Å². The Hall–Kier alpha value is -3.80. The topological polar surface area (TPSA) is 65.1 Å². The maximum absolute atomic E-state index is 12.5. The number of ether oxygens (including phenoxy) is 3. The Labute approximate surface area is 187 Å². The van der Waals surface area contributed by atoms with Gasteiger partial charge in [0.05, 0.1) is 12.2 Å². The number of hydrogen-bond donors (Lipinski definition) is 0. The van der Waals surface area contributed by atoms with Gasteiger partial charge in [-0.3, -0.25) is 0 Å². The Morgan fingerprint density at radius 3 is 2.38 bits per heavy atom. The Bertz CT molecular complexity index is 1080. The lowest BCUT2D eigenvalue weighted by atomic mass is 10.00. The van der Waals surface area contributed by atoms with Crippen LogP contribution in [-0.2, 0) is 29.0 Å². The van der Waals surface area contributed by atoms with Crippen molar-refractivity contribution < 1.29 is 23.8 Å². The third-order valence-electron chi connectivity index (χ3n) is 5.25. The maximum atomic E-state index is 12.5. The Balaban J connectivity index is 1.38. The van der Waals surface area contributed by atoms with E-state index in [1.165, 1.54) is 5.56 Å². The van der Waals surface area contributed by atoms with Crippen molar-refractivity contribution in [1.29, 1.82) is 0 Å².